The number of aliphatic carboxylic acids is 1. The number of nitrogens with two attached hydrogens (primary N) is 1. The summed E-state index contributed by atoms with van der Waals surface area (Å²) < 4.78 is 0. The minimum atomic E-state index is -0.875. The van der Waals surface area contributed by atoms with E-state index in [1.807, 2.05) is 0 Å². The molecule has 6 heteroatoms. The van der Waals surface area contributed by atoms with Crippen molar-refractivity contribution in [2.24, 2.45) is 35.3 Å². The van der Waals surface area contributed by atoms with E-state index in [9.17, 15) is 9.59 Å². The average Bonchev–Trinajstić information content (AvgIpc) is 2.59. The number of hydrogen-bond donors (Lipinski definition) is 4. The van der Waals surface area contributed by atoms with Crippen LogP contribution in [0.5, 0.6) is 0 Å². The molecule has 0 radical (unpaired) electrons. The van der Waals surface area contributed by atoms with Gasteiger partial charge in [0.1, 0.15) is 0 Å². The van der Waals surface area contributed by atoms with Crippen molar-refractivity contribution in [1.29, 1.82) is 5.41 Å². The van der Waals surface area contributed by atoms with Crippen LogP contribution in [0.15, 0.2) is 0 Å². The molecule has 0 aromatic heterocycles. The second-order valence-electron chi connectivity index (χ2n) is 7.66. The number of amides is 1. The molecule has 1 amide bonds. The lowest BCUT2D eigenvalue weighted by Crippen LogP contribution is -2.38. The third-order valence-electron chi connectivity index (χ3n) is 6.03. The molecule has 6 nitrogen and oxygen atoms in total. The van der Waals surface area contributed by atoms with Gasteiger partial charge in [0.2, 0.25) is 5.91 Å². The van der Waals surface area contributed by atoms with Gasteiger partial charge in [0.05, 0.1) is 11.8 Å². The highest BCUT2D eigenvalue weighted by Gasteiger charge is 2.33. The first-order chi connectivity index (χ1) is 11.4. The van der Waals surface area contributed by atoms with Gasteiger partial charge in [-0.15, -0.1) is 0 Å². The highest BCUT2D eigenvalue weighted by molar-refractivity contribution is 5.80. The largest absolute Gasteiger partial charge is 0.481 e. The van der Waals surface area contributed by atoms with E-state index in [0.29, 0.717) is 11.8 Å². The molecule has 5 N–H and O–H groups in total. The highest BCUT2D eigenvalue weighted by atomic mass is 16.4. The predicted octanol–water partition coefficient (Wildman–Crippen LogP) is 2.37. The maximum atomic E-state index is 12.2. The Hall–Kier alpha value is -1.59. The van der Waals surface area contributed by atoms with Crippen molar-refractivity contribution in [2.75, 3.05) is 6.54 Å². The van der Waals surface area contributed by atoms with Gasteiger partial charge in [-0.3, -0.25) is 15.0 Å². The molecular formula is C18H31N3O3. The van der Waals surface area contributed by atoms with Crippen molar-refractivity contribution in [3.63, 3.8) is 0 Å². The van der Waals surface area contributed by atoms with Crippen LogP contribution in [0.4, 0.5) is 0 Å². The number of nitrogens with one attached hydrogen (secondary N) is 2. The lowest BCUT2D eigenvalue weighted by atomic mass is 9.69. The molecule has 0 aromatic rings. The molecule has 0 unspecified atom stereocenters. The molecule has 24 heavy (non-hydrogen) atoms. The second kappa shape index (κ2) is 8.49. The van der Waals surface area contributed by atoms with E-state index < -0.39 is 11.9 Å². The zero-order valence-corrected chi connectivity index (χ0v) is 14.6. The van der Waals surface area contributed by atoms with Gasteiger partial charge in [0.25, 0.3) is 0 Å². The number of carboxylic acids is 1. The van der Waals surface area contributed by atoms with Crippen LogP contribution in [0, 0.1) is 35.0 Å². The van der Waals surface area contributed by atoms with Crippen LogP contribution in [-0.2, 0) is 9.59 Å². The Labute approximate surface area is 144 Å². The van der Waals surface area contributed by atoms with Crippen LogP contribution < -0.4 is 11.1 Å². The zero-order valence-electron chi connectivity index (χ0n) is 14.6. The van der Waals surface area contributed by atoms with E-state index >= 15 is 0 Å². The number of rotatable bonds is 6. The van der Waals surface area contributed by atoms with Gasteiger partial charge in [-0.2, -0.15) is 0 Å². The summed E-state index contributed by atoms with van der Waals surface area (Å²) in [5.41, 5.74) is 5.61. The number of carbonyl (C=O) groups excluding carboxylic acids is 1. The van der Waals surface area contributed by atoms with Crippen LogP contribution in [0.2, 0.25) is 0 Å². The van der Waals surface area contributed by atoms with Gasteiger partial charge in [-0.25, -0.2) is 0 Å². The molecule has 0 aromatic carbocycles. The first-order valence-corrected chi connectivity index (χ1v) is 9.23. The smallest absolute Gasteiger partial charge is 0.308 e. The van der Waals surface area contributed by atoms with Crippen molar-refractivity contribution < 1.29 is 14.7 Å². The fourth-order valence-electron chi connectivity index (χ4n) is 4.24. The lowest BCUT2D eigenvalue weighted by Gasteiger charge is -2.37. The Balaban J connectivity index is 1.70. The third kappa shape index (κ3) is 4.95. The fraction of sp³-hybridized carbons (Fsp3) is 0.833. The molecule has 0 bridgehead atoms. The van der Waals surface area contributed by atoms with Gasteiger partial charge in [-0.1, -0.05) is 6.92 Å². The van der Waals surface area contributed by atoms with E-state index in [0.717, 1.165) is 57.3 Å². The van der Waals surface area contributed by atoms with Crippen molar-refractivity contribution in [3.05, 3.63) is 0 Å². The molecule has 2 fully saturated rings. The van der Waals surface area contributed by atoms with Gasteiger partial charge < -0.3 is 16.2 Å². The number of amidine groups is 1. The summed E-state index contributed by atoms with van der Waals surface area (Å²) in [4.78, 5) is 23.0. The van der Waals surface area contributed by atoms with Crippen LogP contribution in [0.25, 0.3) is 0 Å². The first kappa shape index (κ1) is 18.7. The standard InChI is InChI=1S/C18H31N3O3/c1-11(18(23)24)10-21-17(22)15-8-4-13(5-9-15)12-2-6-14(7-3-12)16(19)20/h11-15H,2-10H2,1H3,(H3,19,20)(H,21,22)(H,23,24)/t11-,12?,13?,14?,15?/m0/s1. The van der Waals surface area contributed by atoms with Crippen molar-refractivity contribution in [2.45, 2.75) is 58.3 Å². The Morgan fingerprint density at radius 3 is 1.92 bits per heavy atom. The monoisotopic (exact) mass is 337 g/mol. The predicted molar refractivity (Wildman–Crippen MR) is 92.6 cm³/mol. The summed E-state index contributed by atoms with van der Waals surface area (Å²) in [6.07, 6.45) is 8.36. The van der Waals surface area contributed by atoms with Gasteiger partial charge in [0.15, 0.2) is 0 Å². The molecule has 2 aliphatic rings. The quantitative estimate of drug-likeness (QED) is 0.440. The maximum absolute atomic E-state index is 12.2. The fourth-order valence-corrected chi connectivity index (χ4v) is 4.24. The second-order valence-corrected chi connectivity index (χ2v) is 7.66. The maximum Gasteiger partial charge on any atom is 0.308 e. The summed E-state index contributed by atoms with van der Waals surface area (Å²) in [7, 11) is 0. The Bertz CT molecular complexity index is 464. The SMILES string of the molecule is C[C@@H](CNC(=O)C1CCC(C2CCC(C(=N)N)CC2)CC1)C(=O)O. The van der Waals surface area contributed by atoms with Gasteiger partial charge in [-0.05, 0) is 63.2 Å². The molecule has 2 saturated carbocycles. The van der Waals surface area contributed by atoms with Gasteiger partial charge >= 0.3 is 5.97 Å². The van der Waals surface area contributed by atoms with E-state index in [1.165, 1.54) is 0 Å². The number of carboxylic acid groups (broad SMARTS) is 1. The number of carbonyl (C=O) groups is 2. The molecular weight excluding hydrogens is 306 g/mol. The Morgan fingerprint density at radius 1 is 1.04 bits per heavy atom. The van der Waals surface area contributed by atoms with E-state index in [1.54, 1.807) is 6.92 Å². The number of hydrogen-bond acceptors (Lipinski definition) is 3. The minimum Gasteiger partial charge on any atom is -0.481 e. The summed E-state index contributed by atoms with van der Waals surface area (Å²) in [6, 6.07) is 0. The van der Waals surface area contributed by atoms with E-state index in [4.69, 9.17) is 16.2 Å². The molecule has 0 aliphatic heterocycles. The summed E-state index contributed by atoms with van der Waals surface area (Å²) in [5.74, 6) is 0.667. The summed E-state index contributed by atoms with van der Waals surface area (Å²) in [6.45, 7) is 1.82. The lowest BCUT2D eigenvalue weighted by molar-refractivity contribution is -0.141. The minimum absolute atomic E-state index is 0.0156. The summed E-state index contributed by atoms with van der Waals surface area (Å²) in [5, 5.41) is 19.2. The molecule has 0 heterocycles. The van der Waals surface area contributed by atoms with E-state index in [-0.39, 0.29) is 24.3 Å². The van der Waals surface area contributed by atoms with Crippen LogP contribution >= 0.6 is 0 Å². The highest BCUT2D eigenvalue weighted by Crippen LogP contribution is 2.41. The van der Waals surface area contributed by atoms with Crippen molar-refractivity contribution >= 4 is 17.7 Å². The van der Waals surface area contributed by atoms with Gasteiger partial charge in [0, 0.05) is 18.4 Å². The normalized spacial score (nSPS) is 31.9. The van der Waals surface area contributed by atoms with Crippen LogP contribution in [-0.4, -0.2) is 29.4 Å². The average molecular weight is 337 g/mol. The van der Waals surface area contributed by atoms with Crippen molar-refractivity contribution in [1.82, 2.24) is 5.32 Å². The topological polar surface area (TPSA) is 116 Å². The molecule has 0 saturated heterocycles. The molecule has 136 valence electrons. The molecule has 1 atom stereocenters. The van der Waals surface area contributed by atoms with Crippen LogP contribution in [0.1, 0.15) is 58.3 Å². The third-order valence-corrected chi connectivity index (χ3v) is 6.03. The van der Waals surface area contributed by atoms with Crippen molar-refractivity contribution in [3.8, 4) is 0 Å². The molecule has 0 spiro atoms. The summed E-state index contributed by atoms with van der Waals surface area (Å²) >= 11 is 0. The Kier molecular flexibility index (Phi) is 6.63. The van der Waals surface area contributed by atoms with E-state index in [2.05, 4.69) is 5.32 Å². The molecule has 2 aliphatic carbocycles. The molecule has 2 rings (SSSR count). The van der Waals surface area contributed by atoms with Crippen LogP contribution in [0.3, 0.4) is 0 Å². The zero-order chi connectivity index (χ0) is 17.7. The Morgan fingerprint density at radius 2 is 1.50 bits per heavy atom. The first-order valence-electron chi connectivity index (χ1n) is 9.23.